The standard InChI is InChI=1S/C27H31ClN4O4/c1-27(2,3)25(35)36-18-10-8-9-17(13-18)22(33)15-29-16-23(34)20-14-30-26(32(4)5)31-24(20)19-11-6-7-12-21(19)28/h6-14,22,29,33H,15-16H2,1-5H3. The molecular formula is C27H31ClN4O4. The van der Waals surface area contributed by atoms with Crippen molar-refractivity contribution in [2.45, 2.75) is 26.9 Å². The Morgan fingerprint density at radius 2 is 1.86 bits per heavy atom. The maximum atomic E-state index is 13.1. The lowest BCUT2D eigenvalue weighted by Gasteiger charge is -2.18. The van der Waals surface area contributed by atoms with Crippen LogP contribution in [0.4, 0.5) is 5.95 Å². The van der Waals surface area contributed by atoms with Gasteiger partial charge in [0.05, 0.1) is 29.3 Å². The molecule has 2 aromatic carbocycles. The molecule has 1 atom stereocenters. The van der Waals surface area contributed by atoms with Gasteiger partial charge in [0.2, 0.25) is 5.95 Å². The highest BCUT2D eigenvalue weighted by molar-refractivity contribution is 6.33. The molecule has 0 amide bonds. The molecule has 1 heterocycles. The van der Waals surface area contributed by atoms with E-state index in [4.69, 9.17) is 16.3 Å². The monoisotopic (exact) mass is 510 g/mol. The molecule has 0 saturated carbocycles. The maximum absolute atomic E-state index is 13.1. The van der Waals surface area contributed by atoms with Crippen LogP contribution in [0.15, 0.2) is 54.7 Å². The van der Waals surface area contributed by atoms with Crippen LogP contribution in [-0.2, 0) is 4.79 Å². The summed E-state index contributed by atoms with van der Waals surface area (Å²) in [5.74, 6) is 0.201. The molecule has 190 valence electrons. The first kappa shape index (κ1) is 27.3. The first-order valence-electron chi connectivity index (χ1n) is 11.5. The number of carbonyl (C=O) groups is 2. The van der Waals surface area contributed by atoms with Crippen LogP contribution in [-0.4, -0.2) is 54.0 Å². The molecule has 9 heteroatoms. The van der Waals surface area contributed by atoms with E-state index < -0.39 is 11.5 Å². The number of aliphatic hydroxyl groups excluding tert-OH is 1. The maximum Gasteiger partial charge on any atom is 0.316 e. The van der Waals surface area contributed by atoms with Gasteiger partial charge in [-0.3, -0.25) is 9.59 Å². The number of benzene rings is 2. The van der Waals surface area contributed by atoms with Gasteiger partial charge in [-0.2, -0.15) is 0 Å². The molecule has 0 radical (unpaired) electrons. The Morgan fingerprint density at radius 3 is 2.53 bits per heavy atom. The van der Waals surface area contributed by atoms with Crippen molar-refractivity contribution in [1.29, 1.82) is 0 Å². The molecular weight excluding hydrogens is 480 g/mol. The van der Waals surface area contributed by atoms with Gasteiger partial charge in [-0.25, -0.2) is 9.97 Å². The van der Waals surface area contributed by atoms with Crippen molar-refractivity contribution >= 4 is 29.3 Å². The fourth-order valence-electron chi connectivity index (χ4n) is 3.23. The van der Waals surface area contributed by atoms with Crippen LogP contribution in [0.25, 0.3) is 11.3 Å². The summed E-state index contributed by atoms with van der Waals surface area (Å²) in [6, 6.07) is 13.9. The average molecular weight is 511 g/mol. The number of hydrogen-bond acceptors (Lipinski definition) is 8. The number of nitrogens with zero attached hydrogens (tertiary/aromatic N) is 3. The molecule has 3 rings (SSSR count). The average Bonchev–Trinajstić information content (AvgIpc) is 2.83. The summed E-state index contributed by atoms with van der Waals surface area (Å²) >= 11 is 6.38. The number of ether oxygens (including phenoxy) is 1. The largest absolute Gasteiger partial charge is 0.426 e. The Bertz CT molecular complexity index is 1240. The SMILES string of the molecule is CN(C)c1ncc(C(=O)CNCC(O)c2cccc(OC(=O)C(C)(C)C)c2)c(-c2ccccc2Cl)n1. The number of Topliss-reactive ketones (excluding diaryl/α,β-unsaturated/α-hetero) is 1. The van der Waals surface area contributed by atoms with E-state index in [0.717, 1.165) is 0 Å². The first-order valence-corrected chi connectivity index (χ1v) is 11.9. The number of aliphatic hydroxyl groups is 1. The summed E-state index contributed by atoms with van der Waals surface area (Å²) < 4.78 is 5.41. The Kier molecular flexibility index (Phi) is 8.79. The molecule has 0 fully saturated rings. The number of nitrogens with one attached hydrogen (secondary N) is 1. The van der Waals surface area contributed by atoms with E-state index in [2.05, 4.69) is 15.3 Å². The van der Waals surface area contributed by atoms with Gasteiger partial charge < -0.3 is 20.1 Å². The highest BCUT2D eigenvalue weighted by atomic mass is 35.5. The van der Waals surface area contributed by atoms with Crippen LogP contribution in [0.2, 0.25) is 5.02 Å². The van der Waals surface area contributed by atoms with Crippen molar-refractivity contribution in [1.82, 2.24) is 15.3 Å². The van der Waals surface area contributed by atoms with E-state index in [0.29, 0.717) is 39.1 Å². The summed E-state index contributed by atoms with van der Waals surface area (Å²) in [5.41, 5.74) is 1.32. The van der Waals surface area contributed by atoms with Crippen molar-refractivity contribution in [3.8, 4) is 17.0 Å². The molecule has 0 spiro atoms. The summed E-state index contributed by atoms with van der Waals surface area (Å²) in [6.07, 6.45) is 0.579. The minimum Gasteiger partial charge on any atom is -0.426 e. The van der Waals surface area contributed by atoms with Gasteiger partial charge in [0, 0.05) is 37.4 Å². The number of ketones is 1. The van der Waals surface area contributed by atoms with Gasteiger partial charge in [-0.15, -0.1) is 0 Å². The van der Waals surface area contributed by atoms with Crippen LogP contribution in [0.3, 0.4) is 0 Å². The van der Waals surface area contributed by atoms with E-state index in [9.17, 15) is 14.7 Å². The second kappa shape index (κ2) is 11.6. The molecule has 3 aromatic rings. The van der Waals surface area contributed by atoms with E-state index in [1.54, 1.807) is 62.1 Å². The van der Waals surface area contributed by atoms with E-state index in [-0.39, 0.29) is 24.8 Å². The van der Waals surface area contributed by atoms with Gasteiger partial charge in [-0.05, 0) is 44.5 Å². The number of halogens is 1. The van der Waals surface area contributed by atoms with Gasteiger partial charge in [0.1, 0.15) is 5.75 Å². The molecule has 36 heavy (non-hydrogen) atoms. The number of rotatable bonds is 9. The normalized spacial score (nSPS) is 12.2. The third kappa shape index (κ3) is 6.87. The van der Waals surface area contributed by atoms with Gasteiger partial charge in [0.25, 0.3) is 0 Å². The topological polar surface area (TPSA) is 105 Å². The Hall–Kier alpha value is -3.33. The number of esters is 1. The lowest BCUT2D eigenvalue weighted by Crippen LogP contribution is -2.28. The highest BCUT2D eigenvalue weighted by Crippen LogP contribution is 2.30. The smallest absolute Gasteiger partial charge is 0.316 e. The Balaban J connectivity index is 1.70. The molecule has 8 nitrogen and oxygen atoms in total. The number of anilines is 1. The zero-order valence-electron chi connectivity index (χ0n) is 21.1. The molecule has 0 bridgehead atoms. The minimum absolute atomic E-state index is 0.0438. The van der Waals surface area contributed by atoms with E-state index >= 15 is 0 Å². The molecule has 0 aliphatic heterocycles. The van der Waals surface area contributed by atoms with Crippen molar-refractivity contribution in [3.05, 3.63) is 70.9 Å². The molecule has 0 saturated heterocycles. The van der Waals surface area contributed by atoms with Crippen molar-refractivity contribution < 1.29 is 19.4 Å². The van der Waals surface area contributed by atoms with Crippen molar-refractivity contribution in [3.63, 3.8) is 0 Å². The van der Waals surface area contributed by atoms with Crippen LogP contribution in [0, 0.1) is 5.41 Å². The summed E-state index contributed by atoms with van der Waals surface area (Å²) in [4.78, 5) is 35.8. The van der Waals surface area contributed by atoms with Crippen molar-refractivity contribution in [2.24, 2.45) is 5.41 Å². The van der Waals surface area contributed by atoms with Crippen LogP contribution < -0.4 is 15.0 Å². The van der Waals surface area contributed by atoms with Crippen molar-refractivity contribution in [2.75, 3.05) is 32.1 Å². The molecule has 0 aliphatic carbocycles. The zero-order valence-corrected chi connectivity index (χ0v) is 21.8. The third-order valence-corrected chi connectivity index (χ3v) is 5.62. The summed E-state index contributed by atoms with van der Waals surface area (Å²) in [7, 11) is 3.63. The third-order valence-electron chi connectivity index (χ3n) is 5.29. The number of carbonyl (C=O) groups excluding carboxylic acids is 2. The lowest BCUT2D eigenvalue weighted by atomic mass is 9.97. The summed E-state index contributed by atoms with van der Waals surface area (Å²) in [6.45, 7) is 5.37. The van der Waals surface area contributed by atoms with Crippen LogP contribution in [0.5, 0.6) is 5.75 Å². The number of hydrogen-bond donors (Lipinski definition) is 2. The highest BCUT2D eigenvalue weighted by Gasteiger charge is 2.24. The van der Waals surface area contributed by atoms with Gasteiger partial charge in [-0.1, -0.05) is 41.9 Å². The number of aromatic nitrogens is 2. The lowest BCUT2D eigenvalue weighted by molar-refractivity contribution is -0.143. The van der Waals surface area contributed by atoms with E-state index in [1.165, 1.54) is 6.20 Å². The quantitative estimate of drug-likeness (QED) is 0.249. The summed E-state index contributed by atoms with van der Waals surface area (Å²) in [5, 5.41) is 14.1. The Morgan fingerprint density at radius 1 is 1.14 bits per heavy atom. The molecule has 1 aromatic heterocycles. The minimum atomic E-state index is -0.915. The van der Waals surface area contributed by atoms with Crippen LogP contribution in [0.1, 0.15) is 42.8 Å². The van der Waals surface area contributed by atoms with Gasteiger partial charge in [0.15, 0.2) is 5.78 Å². The second-order valence-electron chi connectivity index (χ2n) is 9.59. The predicted octanol–water partition coefficient (Wildman–Crippen LogP) is 4.32. The predicted molar refractivity (Wildman–Crippen MR) is 140 cm³/mol. The van der Waals surface area contributed by atoms with Crippen LogP contribution >= 0.6 is 11.6 Å². The fraction of sp³-hybridized carbons (Fsp3) is 0.333. The zero-order chi connectivity index (χ0) is 26.5. The molecule has 2 N–H and O–H groups in total. The fourth-order valence-corrected chi connectivity index (χ4v) is 3.46. The first-order chi connectivity index (χ1) is 17.0. The molecule has 1 unspecified atom stereocenters. The van der Waals surface area contributed by atoms with Gasteiger partial charge >= 0.3 is 5.97 Å². The molecule has 0 aliphatic rings. The van der Waals surface area contributed by atoms with E-state index in [1.807, 2.05) is 26.2 Å². The second-order valence-corrected chi connectivity index (χ2v) is 10.00. The Labute approximate surface area is 216 Å².